The van der Waals surface area contributed by atoms with Gasteiger partial charge in [0.15, 0.2) is 0 Å². The number of fused-ring (bicyclic) bond motifs is 1. The maximum atomic E-state index is 12.4. The number of nitrogens with one attached hydrogen (secondary N) is 1. The van der Waals surface area contributed by atoms with Crippen LogP contribution in [-0.4, -0.2) is 24.5 Å². The van der Waals surface area contributed by atoms with Crippen molar-refractivity contribution in [2.75, 3.05) is 7.11 Å². The number of ether oxygens (including phenoxy) is 1. The largest absolute Gasteiger partial charge is 0.467 e. The van der Waals surface area contributed by atoms with Gasteiger partial charge in [0.2, 0.25) is 5.91 Å². The molecule has 22 heavy (non-hydrogen) atoms. The van der Waals surface area contributed by atoms with Gasteiger partial charge in [-0.3, -0.25) is 4.79 Å². The molecule has 5 heteroatoms. The molecule has 0 aliphatic carbocycles. The van der Waals surface area contributed by atoms with Crippen LogP contribution >= 0.6 is 0 Å². The summed E-state index contributed by atoms with van der Waals surface area (Å²) >= 11 is 0. The van der Waals surface area contributed by atoms with Crippen molar-refractivity contribution < 1.29 is 18.7 Å². The molecule has 5 nitrogen and oxygen atoms in total. The molecule has 1 aromatic carbocycles. The van der Waals surface area contributed by atoms with Crippen molar-refractivity contribution >= 4 is 22.8 Å². The fourth-order valence-electron chi connectivity index (χ4n) is 2.23. The van der Waals surface area contributed by atoms with E-state index in [1.807, 2.05) is 37.3 Å². The Hall–Kier alpha value is -2.30. The Bertz CT molecular complexity index is 658. The number of hydrogen-bond donors (Lipinski definition) is 1. The summed E-state index contributed by atoms with van der Waals surface area (Å²) in [7, 11) is 1.31. The molecular formula is C17H21NO4. The van der Waals surface area contributed by atoms with Crippen LogP contribution in [0.3, 0.4) is 0 Å². The SMILES string of the molecule is CC[C@](C)(NC(=O)[C@@H](C)c1cc2ccccc2o1)C(=O)OC. The Kier molecular flexibility index (Phi) is 4.54. The van der Waals surface area contributed by atoms with Gasteiger partial charge in [0.05, 0.1) is 13.0 Å². The minimum absolute atomic E-state index is 0.270. The molecule has 1 amide bonds. The average Bonchev–Trinajstić information content (AvgIpc) is 2.96. The average molecular weight is 303 g/mol. The second kappa shape index (κ2) is 6.22. The zero-order chi connectivity index (χ0) is 16.3. The third-order valence-electron chi connectivity index (χ3n) is 4.01. The van der Waals surface area contributed by atoms with Crippen molar-refractivity contribution in [3.8, 4) is 0 Å². The minimum atomic E-state index is -1.04. The maximum Gasteiger partial charge on any atom is 0.331 e. The van der Waals surface area contributed by atoms with Crippen molar-refractivity contribution in [1.82, 2.24) is 5.32 Å². The topological polar surface area (TPSA) is 68.5 Å². The predicted molar refractivity (Wildman–Crippen MR) is 83.5 cm³/mol. The molecule has 1 aromatic heterocycles. The number of benzene rings is 1. The van der Waals surface area contributed by atoms with E-state index in [0.29, 0.717) is 12.2 Å². The number of para-hydroxylation sites is 1. The molecular weight excluding hydrogens is 282 g/mol. The Morgan fingerprint density at radius 1 is 1.36 bits per heavy atom. The second-order valence-electron chi connectivity index (χ2n) is 5.57. The van der Waals surface area contributed by atoms with Crippen molar-refractivity contribution in [2.45, 2.75) is 38.6 Å². The van der Waals surface area contributed by atoms with Gasteiger partial charge in [-0.05, 0) is 32.4 Å². The van der Waals surface area contributed by atoms with Crippen molar-refractivity contribution in [2.24, 2.45) is 0 Å². The summed E-state index contributed by atoms with van der Waals surface area (Å²) in [6.45, 7) is 5.23. The molecule has 0 aliphatic heterocycles. The van der Waals surface area contributed by atoms with Crippen molar-refractivity contribution in [3.63, 3.8) is 0 Å². The molecule has 0 aliphatic rings. The van der Waals surface area contributed by atoms with Crippen LogP contribution in [0.2, 0.25) is 0 Å². The Morgan fingerprint density at radius 2 is 2.05 bits per heavy atom. The summed E-state index contributed by atoms with van der Waals surface area (Å²) in [4.78, 5) is 24.3. The number of furan rings is 1. The number of rotatable bonds is 5. The Balaban J connectivity index is 2.19. The third kappa shape index (κ3) is 2.98. The van der Waals surface area contributed by atoms with Crippen LogP contribution in [0.25, 0.3) is 11.0 Å². The van der Waals surface area contributed by atoms with Crippen LogP contribution in [0.5, 0.6) is 0 Å². The summed E-state index contributed by atoms with van der Waals surface area (Å²) in [6, 6.07) is 9.43. The molecule has 2 aromatic rings. The summed E-state index contributed by atoms with van der Waals surface area (Å²) in [5.41, 5.74) is -0.296. The van der Waals surface area contributed by atoms with Gasteiger partial charge in [0.25, 0.3) is 0 Å². The second-order valence-corrected chi connectivity index (χ2v) is 5.57. The van der Waals surface area contributed by atoms with E-state index in [-0.39, 0.29) is 5.91 Å². The van der Waals surface area contributed by atoms with Gasteiger partial charge in [-0.25, -0.2) is 4.79 Å². The number of carbonyl (C=O) groups excluding carboxylic acids is 2. The normalized spacial score (nSPS) is 15.1. The van der Waals surface area contributed by atoms with E-state index in [1.54, 1.807) is 13.8 Å². The quantitative estimate of drug-likeness (QED) is 0.862. The highest BCUT2D eigenvalue weighted by Crippen LogP contribution is 2.26. The molecule has 1 N–H and O–H groups in total. The van der Waals surface area contributed by atoms with Gasteiger partial charge in [-0.1, -0.05) is 25.1 Å². The highest BCUT2D eigenvalue weighted by molar-refractivity contribution is 5.91. The van der Waals surface area contributed by atoms with Crippen LogP contribution in [0, 0.1) is 0 Å². The molecule has 0 fully saturated rings. The highest BCUT2D eigenvalue weighted by Gasteiger charge is 2.36. The van der Waals surface area contributed by atoms with E-state index < -0.39 is 17.4 Å². The first-order valence-corrected chi connectivity index (χ1v) is 7.30. The summed E-state index contributed by atoms with van der Waals surface area (Å²) in [6.07, 6.45) is 0.443. The summed E-state index contributed by atoms with van der Waals surface area (Å²) < 4.78 is 10.5. The van der Waals surface area contributed by atoms with E-state index in [2.05, 4.69) is 5.32 Å². The lowest BCUT2D eigenvalue weighted by Gasteiger charge is -2.27. The lowest BCUT2D eigenvalue weighted by atomic mass is 9.97. The predicted octanol–water partition coefficient (Wildman–Crippen LogP) is 2.99. The molecule has 0 bridgehead atoms. The molecule has 0 unspecified atom stereocenters. The number of esters is 1. The number of carbonyl (C=O) groups is 2. The van der Waals surface area contributed by atoms with E-state index >= 15 is 0 Å². The fraction of sp³-hybridized carbons (Fsp3) is 0.412. The molecule has 0 saturated carbocycles. The third-order valence-corrected chi connectivity index (χ3v) is 4.01. The van der Waals surface area contributed by atoms with Gasteiger partial charge in [-0.2, -0.15) is 0 Å². The van der Waals surface area contributed by atoms with Crippen LogP contribution in [0.4, 0.5) is 0 Å². The van der Waals surface area contributed by atoms with Crippen LogP contribution in [0.1, 0.15) is 38.9 Å². The Labute approximate surface area is 129 Å². The first-order chi connectivity index (χ1) is 10.4. The van der Waals surface area contributed by atoms with Crippen LogP contribution < -0.4 is 5.32 Å². The number of methoxy groups -OCH3 is 1. The number of hydrogen-bond acceptors (Lipinski definition) is 4. The van der Waals surface area contributed by atoms with E-state index in [1.165, 1.54) is 7.11 Å². The van der Waals surface area contributed by atoms with Crippen molar-refractivity contribution in [3.05, 3.63) is 36.1 Å². The fourth-order valence-corrected chi connectivity index (χ4v) is 2.23. The van der Waals surface area contributed by atoms with E-state index in [9.17, 15) is 9.59 Å². The maximum absolute atomic E-state index is 12.4. The molecule has 1 heterocycles. The van der Waals surface area contributed by atoms with Gasteiger partial charge < -0.3 is 14.5 Å². The molecule has 118 valence electrons. The molecule has 2 atom stereocenters. The zero-order valence-electron chi connectivity index (χ0n) is 13.3. The Morgan fingerprint density at radius 3 is 2.64 bits per heavy atom. The van der Waals surface area contributed by atoms with Gasteiger partial charge in [0, 0.05) is 5.39 Å². The lowest BCUT2D eigenvalue weighted by Crippen LogP contribution is -2.53. The molecule has 0 saturated heterocycles. The van der Waals surface area contributed by atoms with Crippen LogP contribution in [0.15, 0.2) is 34.7 Å². The van der Waals surface area contributed by atoms with Crippen molar-refractivity contribution in [1.29, 1.82) is 0 Å². The molecule has 2 rings (SSSR count). The molecule has 0 radical (unpaired) electrons. The van der Waals surface area contributed by atoms with Gasteiger partial charge in [0.1, 0.15) is 16.9 Å². The van der Waals surface area contributed by atoms with E-state index in [4.69, 9.17) is 9.15 Å². The first kappa shape index (κ1) is 16.1. The number of amides is 1. The standard InChI is InChI=1S/C17H21NO4/c1-5-17(3,16(20)21-4)18-15(19)11(2)14-10-12-8-6-7-9-13(12)22-14/h6-11H,5H2,1-4H3,(H,18,19)/t11-,17-/m0/s1. The van der Waals surface area contributed by atoms with E-state index in [0.717, 1.165) is 11.0 Å². The summed E-state index contributed by atoms with van der Waals surface area (Å²) in [5.74, 6) is -0.654. The summed E-state index contributed by atoms with van der Waals surface area (Å²) in [5, 5.41) is 3.71. The monoisotopic (exact) mass is 303 g/mol. The van der Waals surface area contributed by atoms with Crippen LogP contribution in [-0.2, 0) is 14.3 Å². The smallest absolute Gasteiger partial charge is 0.331 e. The lowest BCUT2D eigenvalue weighted by molar-refractivity contribution is -0.150. The highest BCUT2D eigenvalue weighted by atomic mass is 16.5. The zero-order valence-corrected chi connectivity index (χ0v) is 13.3. The van der Waals surface area contributed by atoms with Gasteiger partial charge in [-0.15, -0.1) is 0 Å². The molecule has 0 spiro atoms. The minimum Gasteiger partial charge on any atom is -0.467 e. The first-order valence-electron chi connectivity index (χ1n) is 7.30. The van der Waals surface area contributed by atoms with Gasteiger partial charge >= 0.3 is 5.97 Å².